The molecule has 1 fully saturated rings. The van der Waals surface area contributed by atoms with Crippen LogP contribution in [0.15, 0.2) is 23.3 Å². The topological polar surface area (TPSA) is 118 Å². The molecule has 4 N–H and O–H groups in total. The average molecular weight is 310 g/mol. The number of nitrogens with one attached hydrogen (secondary N) is 2. The summed E-state index contributed by atoms with van der Waals surface area (Å²) in [6.07, 6.45) is 1.22. The molecule has 2 atom stereocenters. The molecule has 0 radical (unpaired) electrons. The van der Waals surface area contributed by atoms with Crippen molar-refractivity contribution in [2.45, 2.75) is 31.4 Å². The van der Waals surface area contributed by atoms with Crippen molar-refractivity contribution in [1.29, 1.82) is 10.9 Å². The number of hydrogen-bond donors (Lipinski definition) is 4. The maximum atomic E-state index is 10.7. The third-order valence-electron chi connectivity index (χ3n) is 3.61. The van der Waals surface area contributed by atoms with E-state index in [1.54, 1.807) is 18.2 Å². The van der Waals surface area contributed by atoms with Gasteiger partial charge in [0, 0.05) is 11.4 Å². The normalized spacial score (nSPS) is 17.0. The summed E-state index contributed by atoms with van der Waals surface area (Å²) in [6, 6.07) is 4.19. The maximum Gasteiger partial charge on any atom is 0.349 e. The lowest BCUT2D eigenvalue weighted by molar-refractivity contribution is -0.129. The van der Waals surface area contributed by atoms with Crippen LogP contribution in [0.2, 0.25) is 5.02 Å². The lowest BCUT2D eigenvalue weighted by atomic mass is 9.98. The van der Waals surface area contributed by atoms with Crippen LogP contribution in [0.25, 0.3) is 0 Å². The molecule has 1 aromatic rings. The van der Waals surface area contributed by atoms with Crippen LogP contribution in [0.3, 0.4) is 0 Å². The molecule has 0 aliphatic heterocycles. The van der Waals surface area contributed by atoms with Gasteiger partial charge >= 0.3 is 5.97 Å². The highest BCUT2D eigenvalue weighted by Gasteiger charge is 2.32. The van der Waals surface area contributed by atoms with Gasteiger partial charge in [-0.25, -0.2) is 10.3 Å². The molecule has 1 aliphatic carbocycles. The number of carbonyl (C=O) groups is 1. The number of aliphatic hydroxyl groups excluding tert-OH is 1. The summed E-state index contributed by atoms with van der Waals surface area (Å²) in [5.41, 5.74) is 7.86. The summed E-state index contributed by atoms with van der Waals surface area (Å²) in [6.45, 7) is 0. The van der Waals surface area contributed by atoms with E-state index in [0.717, 1.165) is 12.8 Å². The molecular formula is C14H16ClN3O3. The Morgan fingerprint density at radius 1 is 1.48 bits per heavy atom. The standard InChI is InChI=1S/C14H16ClN3O3/c15-10-5-8(12(18-17)6-11(16)14(20)21)3-4-9(10)13(19)7-1-2-7/h3-5,7,12-13,16-17,19H,1-2,6H2,(H,20,21). The average Bonchev–Trinajstić information content (AvgIpc) is 3.28. The molecule has 1 aromatic carbocycles. The fourth-order valence-corrected chi connectivity index (χ4v) is 2.48. The van der Waals surface area contributed by atoms with Crippen molar-refractivity contribution in [3.05, 3.63) is 34.3 Å². The Bertz CT molecular complexity index is 587. The van der Waals surface area contributed by atoms with E-state index < -0.39 is 23.8 Å². The highest BCUT2D eigenvalue weighted by Crippen LogP contribution is 2.43. The van der Waals surface area contributed by atoms with E-state index in [4.69, 9.17) is 27.6 Å². The van der Waals surface area contributed by atoms with Gasteiger partial charge in [-0.3, -0.25) is 5.41 Å². The molecule has 0 spiro atoms. The Balaban J connectivity index is 2.18. The summed E-state index contributed by atoms with van der Waals surface area (Å²) in [7, 11) is 0. The zero-order chi connectivity index (χ0) is 15.6. The largest absolute Gasteiger partial charge is 0.477 e. The zero-order valence-electron chi connectivity index (χ0n) is 11.2. The van der Waals surface area contributed by atoms with Crippen molar-refractivity contribution >= 4 is 23.3 Å². The number of carboxylic acid groups (broad SMARTS) is 1. The maximum absolute atomic E-state index is 10.7. The Morgan fingerprint density at radius 3 is 2.62 bits per heavy atom. The second-order valence-corrected chi connectivity index (χ2v) is 5.60. The SMILES string of the molecule is N=NC(CC(=N)C(=O)O)c1ccc(C(O)C2CC2)c(Cl)c1. The van der Waals surface area contributed by atoms with Crippen molar-refractivity contribution in [1.82, 2.24) is 0 Å². The number of aliphatic hydroxyl groups is 1. The minimum absolute atomic E-state index is 0.167. The minimum atomic E-state index is -1.32. The number of halogens is 1. The van der Waals surface area contributed by atoms with Gasteiger partial charge in [-0.05, 0) is 36.0 Å². The lowest BCUT2D eigenvalue weighted by Gasteiger charge is -2.15. The third kappa shape index (κ3) is 3.65. The van der Waals surface area contributed by atoms with Crippen molar-refractivity contribution in [2.75, 3.05) is 0 Å². The molecule has 21 heavy (non-hydrogen) atoms. The second kappa shape index (κ2) is 6.32. The molecule has 6 nitrogen and oxygen atoms in total. The molecule has 0 aromatic heterocycles. The van der Waals surface area contributed by atoms with Gasteiger partial charge in [-0.15, -0.1) is 0 Å². The van der Waals surface area contributed by atoms with Gasteiger partial charge in [-0.1, -0.05) is 23.7 Å². The second-order valence-electron chi connectivity index (χ2n) is 5.20. The van der Waals surface area contributed by atoms with Gasteiger partial charge in [0.1, 0.15) is 11.8 Å². The molecule has 1 saturated carbocycles. The van der Waals surface area contributed by atoms with Gasteiger partial charge in [0.2, 0.25) is 0 Å². The van der Waals surface area contributed by atoms with Crippen molar-refractivity contribution in [3.63, 3.8) is 0 Å². The fraction of sp³-hybridized carbons (Fsp3) is 0.429. The monoisotopic (exact) mass is 309 g/mol. The first kappa shape index (κ1) is 15.6. The van der Waals surface area contributed by atoms with Gasteiger partial charge in [0.15, 0.2) is 0 Å². The number of hydrogen-bond acceptors (Lipinski definition) is 5. The van der Waals surface area contributed by atoms with E-state index in [-0.39, 0.29) is 12.3 Å². The fourth-order valence-electron chi connectivity index (χ4n) is 2.18. The van der Waals surface area contributed by atoms with Crippen LogP contribution >= 0.6 is 11.6 Å². The number of nitrogens with zero attached hydrogens (tertiary/aromatic N) is 1. The van der Waals surface area contributed by atoms with E-state index in [2.05, 4.69) is 5.11 Å². The first-order valence-corrected chi connectivity index (χ1v) is 6.96. The van der Waals surface area contributed by atoms with Gasteiger partial charge in [-0.2, -0.15) is 5.11 Å². The van der Waals surface area contributed by atoms with Crippen molar-refractivity contribution in [3.8, 4) is 0 Å². The van der Waals surface area contributed by atoms with Crippen LogP contribution in [-0.2, 0) is 4.79 Å². The van der Waals surface area contributed by atoms with Crippen molar-refractivity contribution in [2.24, 2.45) is 11.0 Å². The number of benzene rings is 1. The van der Waals surface area contributed by atoms with E-state index in [1.807, 2.05) is 0 Å². The molecule has 0 amide bonds. The highest BCUT2D eigenvalue weighted by atomic mass is 35.5. The minimum Gasteiger partial charge on any atom is -0.477 e. The van der Waals surface area contributed by atoms with Gasteiger partial charge in [0.05, 0.1) is 6.10 Å². The molecule has 0 saturated heterocycles. The summed E-state index contributed by atoms with van der Waals surface area (Å²) >= 11 is 6.16. The molecular weight excluding hydrogens is 294 g/mol. The van der Waals surface area contributed by atoms with E-state index in [0.29, 0.717) is 16.1 Å². The number of carboxylic acids is 1. The zero-order valence-corrected chi connectivity index (χ0v) is 12.0. The van der Waals surface area contributed by atoms with Crippen LogP contribution in [0.5, 0.6) is 0 Å². The summed E-state index contributed by atoms with van der Waals surface area (Å²) in [5.74, 6) is -1.07. The Kier molecular flexibility index (Phi) is 4.69. The first-order valence-electron chi connectivity index (χ1n) is 6.58. The smallest absolute Gasteiger partial charge is 0.349 e. The van der Waals surface area contributed by atoms with Crippen LogP contribution in [0, 0.1) is 16.9 Å². The van der Waals surface area contributed by atoms with E-state index in [9.17, 15) is 9.90 Å². The van der Waals surface area contributed by atoms with Gasteiger partial charge in [0.25, 0.3) is 0 Å². The molecule has 2 unspecified atom stereocenters. The Hall–Kier alpha value is -1.79. The van der Waals surface area contributed by atoms with Gasteiger partial charge < -0.3 is 10.2 Å². The highest BCUT2D eigenvalue weighted by molar-refractivity contribution is 6.34. The quantitative estimate of drug-likeness (QED) is 0.457. The predicted molar refractivity (Wildman–Crippen MR) is 77.0 cm³/mol. The molecule has 1 aliphatic rings. The van der Waals surface area contributed by atoms with Crippen LogP contribution in [-0.4, -0.2) is 21.9 Å². The molecule has 112 valence electrons. The molecule has 2 rings (SSSR count). The summed E-state index contributed by atoms with van der Waals surface area (Å²) in [4.78, 5) is 10.7. The predicted octanol–water partition coefficient (Wildman–Crippen LogP) is 3.35. The molecule has 7 heteroatoms. The van der Waals surface area contributed by atoms with Crippen molar-refractivity contribution < 1.29 is 15.0 Å². The number of aliphatic carboxylic acids is 1. The van der Waals surface area contributed by atoms with Crippen LogP contribution in [0.4, 0.5) is 0 Å². The molecule has 0 heterocycles. The lowest BCUT2D eigenvalue weighted by Crippen LogP contribution is -2.14. The Morgan fingerprint density at radius 2 is 2.14 bits per heavy atom. The summed E-state index contributed by atoms with van der Waals surface area (Å²) in [5, 5.41) is 29.9. The van der Waals surface area contributed by atoms with E-state index in [1.165, 1.54) is 0 Å². The summed E-state index contributed by atoms with van der Waals surface area (Å²) < 4.78 is 0. The molecule has 0 bridgehead atoms. The first-order chi connectivity index (χ1) is 9.93. The number of rotatable bonds is 7. The van der Waals surface area contributed by atoms with E-state index >= 15 is 0 Å². The third-order valence-corrected chi connectivity index (χ3v) is 3.94. The van der Waals surface area contributed by atoms with Crippen LogP contribution < -0.4 is 0 Å². The Labute approximate surface area is 126 Å². The van der Waals surface area contributed by atoms with Crippen LogP contribution in [0.1, 0.15) is 42.5 Å².